The van der Waals surface area contributed by atoms with Crippen molar-refractivity contribution in [2.75, 3.05) is 18.5 Å². The molecule has 0 unspecified atom stereocenters. The lowest BCUT2D eigenvalue weighted by Gasteiger charge is -2.10. The molecule has 0 radical (unpaired) electrons. The van der Waals surface area contributed by atoms with Crippen LogP contribution < -0.4 is 20.1 Å². The zero-order valence-electron chi connectivity index (χ0n) is 15.5. The van der Waals surface area contributed by atoms with Gasteiger partial charge in [-0.05, 0) is 66.1 Å². The molecule has 0 bridgehead atoms. The summed E-state index contributed by atoms with van der Waals surface area (Å²) in [4.78, 5) is 12.9. The summed E-state index contributed by atoms with van der Waals surface area (Å²) in [5, 5.41) is 7.77. The fourth-order valence-corrected chi connectivity index (χ4v) is 3.17. The van der Waals surface area contributed by atoms with Crippen molar-refractivity contribution in [1.82, 2.24) is 5.32 Å². The quantitative estimate of drug-likeness (QED) is 0.311. The molecule has 2 aromatic carbocycles. The predicted molar refractivity (Wildman–Crippen MR) is 122 cm³/mol. The van der Waals surface area contributed by atoms with Crippen LogP contribution in [0.4, 0.5) is 5.69 Å². The van der Waals surface area contributed by atoms with E-state index in [1.807, 2.05) is 72.1 Å². The van der Waals surface area contributed by atoms with E-state index in [0.717, 1.165) is 22.1 Å². The highest BCUT2D eigenvalue weighted by Crippen LogP contribution is 2.16. The van der Waals surface area contributed by atoms with Gasteiger partial charge in [-0.15, -0.1) is 11.3 Å². The van der Waals surface area contributed by atoms with Gasteiger partial charge in [0.25, 0.3) is 0 Å². The summed E-state index contributed by atoms with van der Waals surface area (Å²) in [7, 11) is 0. The highest BCUT2D eigenvalue weighted by atomic mass is 32.1. The Kier molecular flexibility index (Phi) is 7.80. The molecule has 5 nitrogen and oxygen atoms in total. The number of carbonyl (C=O) groups is 1. The van der Waals surface area contributed by atoms with Crippen molar-refractivity contribution in [2.45, 2.75) is 0 Å². The van der Waals surface area contributed by atoms with Gasteiger partial charge in [-0.25, -0.2) is 0 Å². The molecule has 0 aliphatic carbocycles. The lowest BCUT2D eigenvalue weighted by Crippen LogP contribution is -2.32. The minimum absolute atomic E-state index is 0.232. The molecule has 1 amide bonds. The molecule has 0 atom stereocenters. The first-order valence-electron chi connectivity index (χ1n) is 8.93. The van der Waals surface area contributed by atoms with E-state index in [1.54, 1.807) is 17.4 Å². The van der Waals surface area contributed by atoms with Crippen LogP contribution in [0, 0.1) is 0 Å². The second-order valence-electron chi connectivity index (χ2n) is 5.83. The highest BCUT2D eigenvalue weighted by molar-refractivity contribution is 7.80. The molecule has 0 aliphatic rings. The van der Waals surface area contributed by atoms with Crippen LogP contribution >= 0.6 is 23.6 Å². The normalized spacial score (nSPS) is 10.5. The second kappa shape index (κ2) is 11.0. The summed E-state index contributed by atoms with van der Waals surface area (Å²) < 4.78 is 11.2. The smallest absolute Gasteiger partial charge is 0.250 e. The molecule has 0 spiro atoms. The molecule has 0 saturated heterocycles. The number of thiocarbonyl (C=S) groups is 1. The molecule has 3 rings (SSSR count). The fraction of sp³-hybridized carbons (Fsp3) is 0.0909. The van der Waals surface area contributed by atoms with Gasteiger partial charge in [0.05, 0.1) is 0 Å². The van der Waals surface area contributed by atoms with E-state index >= 15 is 0 Å². The first kappa shape index (κ1) is 20.6. The SMILES string of the molecule is O=C(C=Cc1cccs1)NC(=S)Nc1ccc(OCCOc2ccccc2)cc1. The molecule has 148 valence electrons. The zero-order chi connectivity index (χ0) is 20.3. The number of amides is 1. The van der Waals surface area contributed by atoms with Crippen LogP contribution in [-0.2, 0) is 4.79 Å². The van der Waals surface area contributed by atoms with Crippen molar-refractivity contribution in [3.63, 3.8) is 0 Å². The average Bonchev–Trinajstić information content (AvgIpc) is 3.25. The summed E-state index contributed by atoms with van der Waals surface area (Å²) in [5.74, 6) is 1.26. The summed E-state index contributed by atoms with van der Waals surface area (Å²) >= 11 is 6.73. The van der Waals surface area contributed by atoms with Gasteiger partial charge in [-0.2, -0.15) is 0 Å². The van der Waals surface area contributed by atoms with Crippen LogP contribution in [-0.4, -0.2) is 24.2 Å². The van der Waals surface area contributed by atoms with Crippen molar-refractivity contribution in [1.29, 1.82) is 0 Å². The number of carbonyl (C=O) groups excluding carboxylic acids is 1. The molecule has 3 aromatic rings. The van der Waals surface area contributed by atoms with Crippen molar-refractivity contribution in [3.8, 4) is 11.5 Å². The Hall–Kier alpha value is -3.16. The molecule has 2 N–H and O–H groups in total. The van der Waals surface area contributed by atoms with E-state index in [0.29, 0.717) is 13.2 Å². The molecule has 1 heterocycles. The zero-order valence-corrected chi connectivity index (χ0v) is 17.2. The first-order chi connectivity index (χ1) is 14.2. The molecule has 7 heteroatoms. The fourth-order valence-electron chi connectivity index (χ4n) is 2.33. The molecular formula is C22H20N2O3S2. The third kappa shape index (κ3) is 7.40. The van der Waals surface area contributed by atoms with Crippen molar-refractivity contribution < 1.29 is 14.3 Å². The number of benzene rings is 2. The number of para-hydroxylation sites is 1. The Bertz CT molecular complexity index is 940. The summed E-state index contributed by atoms with van der Waals surface area (Å²) in [5.41, 5.74) is 0.755. The number of nitrogens with one attached hydrogen (secondary N) is 2. The largest absolute Gasteiger partial charge is 0.490 e. The monoisotopic (exact) mass is 424 g/mol. The van der Waals surface area contributed by atoms with E-state index in [-0.39, 0.29) is 11.0 Å². The maximum absolute atomic E-state index is 11.9. The van der Waals surface area contributed by atoms with Gasteiger partial charge in [0.1, 0.15) is 24.7 Å². The third-order valence-corrected chi connectivity index (χ3v) is 4.70. The summed E-state index contributed by atoms with van der Waals surface area (Å²) in [6, 6.07) is 20.8. The number of hydrogen-bond donors (Lipinski definition) is 2. The summed E-state index contributed by atoms with van der Waals surface area (Å²) in [6.45, 7) is 0.895. The van der Waals surface area contributed by atoms with E-state index in [4.69, 9.17) is 21.7 Å². The molecule has 0 aliphatic heterocycles. The number of anilines is 1. The topological polar surface area (TPSA) is 59.6 Å². The minimum atomic E-state index is -0.283. The van der Waals surface area contributed by atoms with Gasteiger partial charge in [0.15, 0.2) is 5.11 Å². The maximum Gasteiger partial charge on any atom is 0.250 e. The third-order valence-electron chi connectivity index (χ3n) is 3.66. The average molecular weight is 425 g/mol. The predicted octanol–water partition coefficient (Wildman–Crippen LogP) is 4.73. The maximum atomic E-state index is 11.9. The van der Waals surface area contributed by atoms with Crippen molar-refractivity contribution in [3.05, 3.63) is 83.1 Å². The molecule has 29 heavy (non-hydrogen) atoms. The van der Waals surface area contributed by atoms with Crippen molar-refractivity contribution >= 4 is 46.3 Å². The Morgan fingerprint density at radius 1 is 0.931 bits per heavy atom. The van der Waals surface area contributed by atoms with Crippen LogP contribution in [0.5, 0.6) is 11.5 Å². The molecule has 0 saturated carbocycles. The van der Waals surface area contributed by atoms with Crippen LogP contribution in [0.1, 0.15) is 4.88 Å². The first-order valence-corrected chi connectivity index (χ1v) is 10.2. The van der Waals surface area contributed by atoms with Gasteiger partial charge < -0.3 is 14.8 Å². The minimum Gasteiger partial charge on any atom is -0.490 e. The van der Waals surface area contributed by atoms with Crippen molar-refractivity contribution in [2.24, 2.45) is 0 Å². The number of ether oxygens (including phenoxy) is 2. The van der Waals surface area contributed by atoms with Crippen LogP contribution in [0.15, 0.2) is 78.2 Å². The van der Waals surface area contributed by atoms with Gasteiger partial charge in [0, 0.05) is 16.6 Å². The lowest BCUT2D eigenvalue weighted by molar-refractivity contribution is -0.115. The number of thiophene rings is 1. The standard InChI is InChI=1S/C22H20N2O3S2/c25-21(13-12-20-7-4-16-29-20)24-22(28)23-17-8-10-19(11-9-17)27-15-14-26-18-5-2-1-3-6-18/h1-13,16H,14-15H2,(H2,23,24,25,28). The molecule has 1 aromatic heterocycles. The molecular weight excluding hydrogens is 404 g/mol. The number of hydrogen-bond acceptors (Lipinski definition) is 5. The Morgan fingerprint density at radius 3 is 2.28 bits per heavy atom. The van der Waals surface area contributed by atoms with Crippen LogP contribution in [0.25, 0.3) is 6.08 Å². The molecule has 0 fully saturated rings. The van der Waals surface area contributed by atoms with Gasteiger partial charge in [-0.3, -0.25) is 10.1 Å². The van der Waals surface area contributed by atoms with Gasteiger partial charge in [-0.1, -0.05) is 24.3 Å². The van der Waals surface area contributed by atoms with E-state index in [9.17, 15) is 4.79 Å². The number of rotatable bonds is 8. The second-order valence-corrected chi connectivity index (χ2v) is 7.21. The van der Waals surface area contributed by atoms with E-state index in [1.165, 1.54) is 6.08 Å². The summed E-state index contributed by atoms with van der Waals surface area (Å²) in [6.07, 6.45) is 3.20. The van der Waals surface area contributed by atoms with Crippen LogP contribution in [0.3, 0.4) is 0 Å². The lowest BCUT2D eigenvalue weighted by atomic mass is 10.3. The Morgan fingerprint density at radius 2 is 1.62 bits per heavy atom. The highest BCUT2D eigenvalue weighted by Gasteiger charge is 2.03. The van der Waals surface area contributed by atoms with E-state index < -0.39 is 0 Å². The Labute approximate surface area is 179 Å². The van der Waals surface area contributed by atoms with E-state index in [2.05, 4.69) is 10.6 Å². The van der Waals surface area contributed by atoms with Gasteiger partial charge >= 0.3 is 0 Å². The van der Waals surface area contributed by atoms with Crippen LogP contribution in [0.2, 0.25) is 0 Å². The Balaban J connectivity index is 1.38. The van der Waals surface area contributed by atoms with Gasteiger partial charge in [0.2, 0.25) is 5.91 Å².